The Morgan fingerprint density at radius 3 is 2.06 bits per heavy atom. The minimum Gasteiger partial charge on any atom is -0.256 e. The van der Waals surface area contributed by atoms with Gasteiger partial charge in [-0.2, -0.15) is 0 Å². The zero-order chi connectivity index (χ0) is 33.0. The maximum absolute atomic E-state index is 4.78. The van der Waals surface area contributed by atoms with Crippen LogP contribution in [-0.4, -0.2) is 16.2 Å². The van der Waals surface area contributed by atoms with Crippen molar-refractivity contribution in [3.05, 3.63) is 181 Å². The third-order valence-electron chi connectivity index (χ3n) is 8.91. The fourth-order valence-electron chi connectivity index (χ4n) is 6.26. The molecule has 0 saturated carbocycles. The number of rotatable bonds is 8. The number of pyridine rings is 2. The molecule has 3 heteroatoms. The average Bonchev–Trinajstić information content (AvgIpc) is 3.13. The van der Waals surface area contributed by atoms with E-state index in [1.54, 1.807) is 0 Å². The Labute approximate surface area is 282 Å². The lowest BCUT2D eigenvalue weighted by atomic mass is 9.89. The van der Waals surface area contributed by atoms with Crippen molar-refractivity contribution in [3.63, 3.8) is 0 Å². The zero-order valence-electron chi connectivity index (χ0n) is 27.2. The maximum atomic E-state index is 4.78. The summed E-state index contributed by atoms with van der Waals surface area (Å²) in [6, 6.07) is 40.5. The van der Waals surface area contributed by atoms with E-state index in [9.17, 15) is 0 Å². The molecule has 0 aliphatic heterocycles. The highest BCUT2D eigenvalue weighted by Gasteiger charge is 2.13. The first-order valence-electron chi connectivity index (χ1n) is 16.1. The Morgan fingerprint density at radius 2 is 1.29 bits per heavy atom. The van der Waals surface area contributed by atoms with E-state index in [1.165, 1.54) is 16.7 Å². The molecule has 230 valence electrons. The smallest absolute Gasteiger partial charge is 0.0792 e. The van der Waals surface area contributed by atoms with Crippen LogP contribution in [0.15, 0.2) is 158 Å². The first-order chi connectivity index (χ1) is 23.5. The summed E-state index contributed by atoms with van der Waals surface area (Å²) in [5.41, 5.74) is 14.9. The number of benzene rings is 5. The largest absolute Gasteiger partial charge is 0.256 e. The van der Waals surface area contributed by atoms with Gasteiger partial charge in [-0.05, 0) is 94.3 Å². The molecule has 2 aromatic heterocycles. The Morgan fingerprint density at radius 1 is 0.646 bits per heavy atom. The van der Waals surface area contributed by atoms with E-state index in [4.69, 9.17) is 9.98 Å². The van der Waals surface area contributed by atoms with Crippen LogP contribution in [-0.2, 0) is 0 Å². The molecular formula is C45H35N3. The Balaban J connectivity index is 1.29. The van der Waals surface area contributed by atoms with Crippen molar-refractivity contribution in [1.29, 1.82) is 0 Å². The molecule has 48 heavy (non-hydrogen) atoms. The van der Waals surface area contributed by atoms with Crippen molar-refractivity contribution >= 4 is 39.8 Å². The number of para-hydroxylation sites is 1. The summed E-state index contributed by atoms with van der Waals surface area (Å²) in [4.78, 5) is 14.2. The monoisotopic (exact) mass is 617 g/mol. The van der Waals surface area contributed by atoms with Gasteiger partial charge in [-0.15, -0.1) is 0 Å². The number of fused-ring (bicyclic) bond motifs is 2. The number of allylic oxidation sites excluding steroid dienone is 2. The van der Waals surface area contributed by atoms with E-state index in [1.807, 2.05) is 42.9 Å². The first-order valence-corrected chi connectivity index (χ1v) is 16.1. The third-order valence-corrected chi connectivity index (χ3v) is 8.91. The molecule has 3 nitrogen and oxygen atoms in total. The highest BCUT2D eigenvalue weighted by Crippen LogP contribution is 2.37. The molecule has 0 unspecified atom stereocenters. The van der Waals surface area contributed by atoms with Gasteiger partial charge >= 0.3 is 0 Å². The van der Waals surface area contributed by atoms with E-state index in [0.29, 0.717) is 5.70 Å². The van der Waals surface area contributed by atoms with Gasteiger partial charge in [0.25, 0.3) is 0 Å². The summed E-state index contributed by atoms with van der Waals surface area (Å²) in [6.07, 6.45) is 11.5. The highest BCUT2D eigenvalue weighted by molar-refractivity contribution is 6.00. The molecule has 7 aromatic rings. The van der Waals surface area contributed by atoms with E-state index < -0.39 is 0 Å². The summed E-state index contributed by atoms with van der Waals surface area (Å²) >= 11 is 0. The number of aromatic nitrogens is 2. The number of nitrogens with zero attached hydrogens (tertiary/aromatic N) is 3. The molecule has 7 rings (SSSR count). The number of aryl methyl sites for hydroxylation is 1. The minimum absolute atomic E-state index is 0.699. The van der Waals surface area contributed by atoms with Gasteiger partial charge in [0.2, 0.25) is 0 Å². The predicted octanol–water partition coefficient (Wildman–Crippen LogP) is 11.7. The van der Waals surface area contributed by atoms with E-state index in [2.05, 4.69) is 141 Å². The van der Waals surface area contributed by atoms with Crippen LogP contribution < -0.4 is 0 Å². The highest BCUT2D eigenvalue weighted by atomic mass is 14.7. The van der Waals surface area contributed by atoms with Crippen LogP contribution in [0.25, 0.3) is 67.0 Å². The van der Waals surface area contributed by atoms with Crippen molar-refractivity contribution in [2.45, 2.75) is 13.8 Å². The minimum atomic E-state index is 0.699. The fourth-order valence-corrected chi connectivity index (χ4v) is 6.26. The molecule has 0 aliphatic rings. The lowest BCUT2D eigenvalue weighted by Crippen LogP contribution is -1.93. The molecule has 2 heterocycles. The molecule has 5 aromatic carbocycles. The zero-order valence-corrected chi connectivity index (χ0v) is 27.2. The van der Waals surface area contributed by atoms with Crippen LogP contribution in [0.2, 0.25) is 0 Å². The van der Waals surface area contributed by atoms with Crippen molar-refractivity contribution in [1.82, 2.24) is 9.97 Å². The molecule has 0 amide bonds. The van der Waals surface area contributed by atoms with E-state index in [-0.39, 0.29) is 0 Å². The lowest BCUT2D eigenvalue weighted by molar-refractivity contribution is 1.37. The number of hydrogen-bond donors (Lipinski definition) is 0. The summed E-state index contributed by atoms with van der Waals surface area (Å²) in [6.45, 7) is 12.4. The second-order valence-corrected chi connectivity index (χ2v) is 11.9. The predicted molar refractivity (Wildman–Crippen MR) is 205 cm³/mol. The Kier molecular flexibility index (Phi) is 8.42. The molecular weight excluding hydrogens is 583 g/mol. The second-order valence-electron chi connectivity index (χ2n) is 11.9. The van der Waals surface area contributed by atoms with Crippen molar-refractivity contribution < 1.29 is 0 Å². The van der Waals surface area contributed by atoms with E-state index >= 15 is 0 Å². The molecule has 0 atom stereocenters. The molecule has 0 aliphatic carbocycles. The lowest BCUT2D eigenvalue weighted by Gasteiger charge is -2.15. The van der Waals surface area contributed by atoms with Gasteiger partial charge in [-0.1, -0.05) is 116 Å². The van der Waals surface area contributed by atoms with Crippen LogP contribution in [0, 0.1) is 13.8 Å². The van der Waals surface area contributed by atoms with Crippen molar-refractivity contribution in [3.8, 4) is 33.4 Å². The Hall–Kier alpha value is -6.19. The van der Waals surface area contributed by atoms with Crippen molar-refractivity contribution in [2.24, 2.45) is 4.99 Å². The van der Waals surface area contributed by atoms with Crippen LogP contribution in [0.1, 0.15) is 27.8 Å². The van der Waals surface area contributed by atoms with Crippen molar-refractivity contribution in [2.75, 3.05) is 0 Å². The number of hydrogen-bond acceptors (Lipinski definition) is 3. The van der Waals surface area contributed by atoms with Crippen LogP contribution in [0.5, 0.6) is 0 Å². The normalized spacial score (nSPS) is 11.5. The van der Waals surface area contributed by atoms with Gasteiger partial charge in [0.15, 0.2) is 0 Å². The summed E-state index contributed by atoms with van der Waals surface area (Å²) < 4.78 is 0. The van der Waals surface area contributed by atoms with Gasteiger partial charge in [0.05, 0.1) is 16.7 Å². The third kappa shape index (κ3) is 6.02. The summed E-state index contributed by atoms with van der Waals surface area (Å²) in [5.74, 6) is 0. The van der Waals surface area contributed by atoms with Gasteiger partial charge in [-0.25, -0.2) is 0 Å². The standard InChI is InChI=1S/C45H35N3/c1-5-6-11-33-12-7-16-41(31(33)3)39-26-38(27-40(28-39)42-17-8-13-36-14-9-24-46-44(36)42)35-22-20-34(21-23-35)32(4)48-29-43-30(2)18-19-37-15-10-25-47-45(37)43/h5-29H,1,4H2,2-3H3/b11-6-,48-29?. The molecule has 0 bridgehead atoms. The van der Waals surface area contributed by atoms with E-state index in [0.717, 1.165) is 66.3 Å². The molecule has 0 N–H and O–H groups in total. The van der Waals surface area contributed by atoms with Gasteiger partial charge in [-0.3, -0.25) is 15.0 Å². The fraction of sp³-hybridized carbons (Fsp3) is 0.0444. The van der Waals surface area contributed by atoms with Gasteiger partial charge < -0.3 is 0 Å². The average molecular weight is 618 g/mol. The first kappa shape index (κ1) is 30.5. The maximum Gasteiger partial charge on any atom is 0.0792 e. The SMILES string of the molecule is C=C/C=C\c1cccc(-c2cc(-c3ccc(C(=C)N=Cc4c(C)ccc5cccnc45)cc3)cc(-c3cccc4cccnc34)c2)c1C. The van der Waals surface area contributed by atoms with Gasteiger partial charge in [0.1, 0.15) is 0 Å². The van der Waals surface area contributed by atoms with Crippen LogP contribution >= 0.6 is 0 Å². The molecule has 0 radical (unpaired) electrons. The van der Waals surface area contributed by atoms with Gasteiger partial charge in [0, 0.05) is 40.5 Å². The summed E-state index contributed by atoms with van der Waals surface area (Å²) in [5, 5.41) is 2.21. The second kappa shape index (κ2) is 13.3. The topological polar surface area (TPSA) is 38.1 Å². The molecule has 0 fully saturated rings. The van der Waals surface area contributed by atoms with Crippen LogP contribution in [0.3, 0.4) is 0 Å². The Bertz CT molecular complexity index is 2390. The number of aliphatic imine (C=N–C) groups is 1. The molecule has 0 saturated heterocycles. The van der Waals surface area contributed by atoms with Crippen LogP contribution in [0.4, 0.5) is 0 Å². The summed E-state index contributed by atoms with van der Waals surface area (Å²) in [7, 11) is 0. The quantitative estimate of drug-likeness (QED) is 0.126. The molecule has 0 spiro atoms.